The summed E-state index contributed by atoms with van der Waals surface area (Å²) < 4.78 is 5.31. The molecule has 126 valence electrons. The van der Waals surface area contributed by atoms with Crippen LogP contribution in [0.25, 0.3) is 21.7 Å². The van der Waals surface area contributed by atoms with Crippen molar-refractivity contribution >= 4 is 21.7 Å². The molecule has 0 bridgehead atoms. The number of rotatable bonds is 4. The van der Waals surface area contributed by atoms with Gasteiger partial charge in [-0.25, -0.2) is 4.79 Å². The summed E-state index contributed by atoms with van der Waals surface area (Å²) >= 11 is 0. The fourth-order valence-corrected chi connectivity index (χ4v) is 3.03. The van der Waals surface area contributed by atoms with Crippen LogP contribution in [0.4, 0.5) is 0 Å². The molecular weight excluding hydrogens is 308 g/mol. The van der Waals surface area contributed by atoms with Gasteiger partial charge in [0.15, 0.2) is 0 Å². The SMILES string of the molecule is CCCCCc1cc(O)c2c(c1)oc(=O)c1cc(O)c(C)c(O)c12. The van der Waals surface area contributed by atoms with E-state index in [4.69, 9.17) is 4.42 Å². The van der Waals surface area contributed by atoms with Crippen LogP contribution < -0.4 is 5.63 Å². The number of aromatic hydroxyl groups is 3. The summed E-state index contributed by atoms with van der Waals surface area (Å²) in [6.45, 7) is 3.66. The van der Waals surface area contributed by atoms with Gasteiger partial charge in [-0.1, -0.05) is 19.8 Å². The molecular formula is C19H20O5. The molecule has 0 saturated carbocycles. The van der Waals surface area contributed by atoms with Crippen molar-refractivity contribution in [1.82, 2.24) is 0 Å². The van der Waals surface area contributed by atoms with E-state index in [9.17, 15) is 20.1 Å². The van der Waals surface area contributed by atoms with Crippen molar-refractivity contribution < 1.29 is 19.7 Å². The summed E-state index contributed by atoms with van der Waals surface area (Å²) in [5.74, 6) is -0.465. The van der Waals surface area contributed by atoms with Gasteiger partial charge in [0, 0.05) is 10.9 Å². The summed E-state index contributed by atoms with van der Waals surface area (Å²) in [6, 6.07) is 4.62. The van der Waals surface area contributed by atoms with Gasteiger partial charge in [-0.05, 0) is 43.5 Å². The highest BCUT2D eigenvalue weighted by atomic mass is 16.4. The van der Waals surface area contributed by atoms with Gasteiger partial charge in [-0.3, -0.25) is 0 Å². The number of benzene rings is 2. The van der Waals surface area contributed by atoms with Crippen LogP contribution in [-0.2, 0) is 6.42 Å². The zero-order chi connectivity index (χ0) is 17.4. The van der Waals surface area contributed by atoms with Gasteiger partial charge in [0.25, 0.3) is 0 Å². The monoisotopic (exact) mass is 328 g/mol. The molecule has 3 rings (SSSR count). The third-order valence-electron chi connectivity index (χ3n) is 4.41. The first kappa shape index (κ1) is 16.2. The smallest absolute Gasteiger partial charge is 0.344 e. The Labute approximate surface area is 138 Å². The van der Waals surface area contributed by atoms with Crippen molar-refractivity contribution in [2.24, 2.45) is 0 Å². The quantitative estimate of drug-likeness (QED) is 0.381. The number of phenols is 3. The summed E-state index contributed by atoms with van der Waals surface area (Å²) in [5.41, 5.74) is 0.708. The van der Waals surface area contributed by atoms with Crippen LogP contribution in [0, 0.1) is 6.92 Å². The Morgan fingerprint density at radius 3 is 2.46 bits per heavy atom. The molecule has 0 unspecified atom stereocenters. The van der Waals surface area contributed by atoms with E-state index in [1.165, 1.54) is 6.07 Å². The Hall–Kier alpha value is -2.69. The van der Waals surface area contributed by atoms with Gasteiger partial charge in [0.1, 0.15) is 22.8 Å². The first-order valence-electron chi connectivity index (χ1n) is 8.08. The number of fused-ring (bicyclic) bond motifs is 3. The molecule has 0 aliphatic rings. The average molecular weight is 328 g/mol. The van der Waals surface area contributed by atoms with Crippen molar-refractivity contribution in [3.63, 3.8) is 0 Å². The maximum Gasteiger partial charge on any atom is 0.344 e. The van der Waals surface area contributed by atoms with Crippen LogP contribution in [0.2, 0.25) is 0 Å². The number of hydrogen-bond acceptors (Lipinski definition) is 5. The van der Waals surface area contributed by atoms with E-state index >= 15 is 0 Å². The van der Waals surface area contributed by atoms with Crippen molar-refractivity contribution in [3.8, 4) is 17.2 Å². The van der Waals surface area contributed by atoms with Crippen LogP contribution in [0.15, 0.2) is 27.4 Å². The Kier molecular flexibility index (Phi) is 4.09. The minimum Gasteiger partial charge on any atom is -0.508 e. The minimum absolute atomic E-state index is 0.0390. The number of phenolic OH excluding ortho intramolecular Hbond substituents is 3. The van der Waals surface area contributed by atoms with E-state index in [-0.39, 0.29) is 44.6 Å². The fraction of sp³-hybridized carbons (Fsp3) is 0.316. The van der Waals surface area contributed by atoms with E-state index in [0.29, 0.717) is 0 Å². The van der Waals surface area contributed by atoms with Gasteiger partial charge < -0.3 is 19.7 Å². The number of unbranched alkanes of at least 4 members (excludes halogenated alkanes) is 2. The lowest BCUT2D eigenvalue weighted by Gasteiger charge is -2.11. The largest absolute Gasteiger partial charge is 0.508 e. The lowest BCUT2D eigenvalue weighted by molar-refractivity contribution is 0.446. The lowest BCUT2D eigenvalue weighted by atomic mass is 9.99. The van der Waals surface area contributed by atoms with Crippen LogP contribution in [-0.4, -0.2) is 15.3 Å². The summed E-state index contributed by atoms with van der Waals surface area (Å²) in [4.78, 5) is 12.2. The maximum atomic E-state index is 12.2. The molecule has 1 aromatic heterocycles. The minimum atomic E-state index is -0.659. The predicted molar refractivity (Wildman–Crippen MR) is 93.0 cm³/mol. The van der Waals surface area contributed by atoms with Crippen LogP contribution >= 0.6 is 0 Å². The molecule has 0 fully saturated rings. The van der Waals surface area contributed by atoms with Crippen LogP contribution in [0.1, 0.15) is 37.3 Å². The van der Waals surface area contributed by atoms with Crippen LogP contribution in [0.5, 0.6) is 17.2 Å². The molecule has 0 aliphatic heterocycles. The molecule has 0 aliphatic carbocycles. The molecule has 0 atom stereocenters. The fourth-order valence-electron chi connectivity index (χ4n) is 3.03. The molecule has 0 amide bonds. The molecule has 0 spiro atoms. The third-order valence-corrected chi connectivity index (χ3v) is 4.41. The highest BCUT2D eigenvalue weighted by Crippen LogP contribution is 2.41. The zero-order valence-corrected chi connectivity index (χ0v) is 13.7. The molecule has 24 heavy (non-hydrogen) atoms. The first-order chi connectivity index (χ1) is 11.4. The molecule has 0 saturated heterocycles. The Morgan fingerprint density at radius 2 is 1.75 bits per heavy atom. The molecule has 0 radical (unpaired) electrons. The van der Waals surface area contributed by atoms with Gasteiger partial charge in [-0.2, -0.15) is 0 Å². The lowest BCUT2D eigenvalue weighted by Crippen LogP contribution is -2.01. The predicted octanol–water partition coefficient (Wildman–Crippen LogP) is 4.10. The Morgan fingerprint density at radius 1 is 1.00 bits per heavy atom. The second-order valence-corrected chi connectivity index (χ2v) is 6.13. The summed E-state index contributed by atoms with van der Waals surface area (Å²) in [6.07, 6.45) is 3.94. The summed E-state index contributed by atoms with van der Waals surface area (Å²) in [7, 11) is 0. The van der Waals surface area contributed by atoms with E-state index < -0.39 is 5.63 Å². The molecule has 5 heteroatoms. The highest BCUT2D eigenvalue weighted by molar-refractivity contribution is 6.11. The molecule has 2 aromatic carbocycles. The van der Waals surface area contributed by atoms with Gasteiger partial charge >= 0.3 is 5.63 Å². The van der Waals surface area contributed by atoms with Crippen molar-refractivity contribution in [2.45, 2.75) is 39.5 Å². The second kappa shape index (κ2) is 6.07. The standard InChI is InChI=1S/C19H20O5/c1-3-4-5-6-11-7-14(21)17-15(8-11)24-19(23)12-9-13(20)10(2)18(22)16(12)17/h7-9,20-22H,3-6H2,1-2H3. The number of aryl methyl sites for hydroxylation is 1. The van der Waals surface area contributed by atoms with E-state index in [1.807, 2.05) is 0 Å². The van der Waals surface area contributed by atoms with Crippen molar-refractivity contribution in [1.29, 1.82) is 0 Å². The topological polar surface area (TPSA) is 90.9 Å². The van der Waals surface area contributed by atoms with Crippen molar-refractivity contribution in [2.75, 3.05) is 0 Å². The van der Waals surface area contributed by atoms with Crippen molar-refractivity contribution in [3.05, 3.63) is 39.7 Å². The van der Waals surface area contributed by atoms with E-state index in [2.05, 4.69) is 6.92 Å². The first-order valence-corrected chi connectivity index (χ1v) is 8.08. The normalized spacial score (nSPS) is 11.4. The van der Waals surface area contributed by atoms with Gasteiger partial charge in [0.2, 0.25) is 0 Å². The van der Waals surface area contributed by atoms with Crippen LogP contribution in [0.3, 0.4) is 0 Å². The molecule has 1 heterocycles. The van der Waals surface area contributed by atoms with Gasteiger partial charge in [0.05, 0.1) is 10.8 Å². The highest BCUT2D eigenvalue weighted by Gasteiger charge is 2.19. The maximum absolute atomic E-state index is 12.2. The Balaban J connectivity index is 2.32. The third kappa shape index (κ3) is 2.56. The number of hydrogen-bond donors (Lipinski definition) is 3. The van der Waals surface area contributed by atoms with E-state index in [0.717, 1.165) is 31.2 Å². The molecule has 3 N–H and O–H groups in total. The van der Waals surface area contributed by atoms with E-state index in [1.54, 1.807) is 19.1 Å². The van der Waals surface area contributed by atoms with Gasteiger partial charge in [-0.15, -0.1) is 0 Å². The summed E-state index contributed by atoms with van der Waals surface area (Å²) in [5, 5.41) is 31.2. The second-order valence-electron chi connectivity index (χ2n) is 6.13. The Bertz CT molecular complexity index is 985. The zero-order valence-electron chi connectivity index (χ0n) is 13.7. The molecule has 3 aromatic rings. The molecule has 5 nitrogen and oxygen atoms in total. The average Bonchev–Trinajstić information content (AvgIpc) is 2.53.